The van der Waals surface area contributed by atoms with Crippen molar-refractivity contribution in [3.05, 3.63) is 83.6 Å². The summed E-state index contributed by atoms with van der Waals surface area (Å²) in [6.07, 6.45) is 7.71. The van der Waals surface area contributed by atoms with Crippen molar-refractivity contribution < 1.29 is 4.79 Å². The monoisotopic (exact) mass is 371 g/mol. The second-order valence-corrected chi connectivity index (χ2v) is 7.18. The minimum atomic E-state index is 0.0781. The van der Waals surface area contributed by atoms with Gasteiger partial charge < -0.3 is 4.90 Å². The molecule has 2 aromatic carbocycles. The summed E-state index contributed by atoms with van der Waals surface area (Å²) in [6, 6.07) is 18.8. The van der Waals surface area contributed by atoms with Crippen LogP contribution in [0, 0.1) is 0 Å². The summed E-state index contributed by atoms with van der Waals surface area (Å²) in [4.78, 5) is 14.1. The first-order valence-corrected chi connectivity index (χ1v) is 9.90. The van der Waals surface area contributed by atoms with Crippen LogP contribution in [0.5, 0.6) is 0 Å². The van der Waals surface area contributed by atoms with Gasteiger partial charge in [-0.05, 0) is 30.0 Å². The zero-order valence-electron chi connectivity index (χ0n) is 16.2. The number of carbonyl (C=O) groups is 1. The van der Waals surface area contributed by atoms with Crippen LogP contribution in [0.4, 0.5) is 0 Å². The number of aromatic nitrogens is 2. The fraction of sp³-hybridized carbons (Fsp3) is 0.250. The predicted octanol–water partition coefficient (Wildman–Crippen LogP) is 4.41. The van der Waals surface area contributed by atoms with Crippen LogP contribution in [0.3, 0.4) is 0 Å². The normalized spacial score (nSPS) is 13.7. The Hall–Kier alpha value is -3.14. The molecule has 0 aliphatic carbocycles. The van der Waals surface area contributed by atoms with E-state index < -0.39 is 0 Å². The number of hydrogen-bond donors (Lipinski definition) is 0. The van der Waals surface area contributed by atoms with Crippen molar-refractivity contribution in [3.8, 4) is 11.3 Å². The van der Waals surface area contributed by atoms with E-state index in [1.165, 1.54) is 11.1 Å². The first-order chi connectivity index (χ1) is 13.7. The molecule has 4 nitrogen and oxygen atoms in total. The van der Waals surface area contributed by atoms with Crippen LogP contribution < -0.4 is 0 Å². The standard InChI is InChI=1S/C24H25N3O/c1-2-19-9-11-21(12-10-19)24-22(13-14-23(28)26-15-6-16-26)18-27(25-24)17-20-7-4-3-5-8-20/h3-5,7-14,18H,2,6,15-17H2,1H3. The molecule has 0 N–H and O–H groups in total. The van der Waals surface area contributed by atoms with Gasteiger partial charge in [0, 0.05) is 36.5 Å². The van der Waals surface area contributed by atoms with Gasteiger partial charge in [-0.2, -0.15) is 5.10 Å². The minimum Gasteiger partial charge on any atom is -0.339 e. The van der Waals surface area contributed by atoms with Crippen molar-refractivity contribution in [2.75, 3.05) is 13.1 Å². The highest BCUT2D eigenvalue weighted by molar-refractivity contribution is 5.93. The van der Waals surface area contributed by atoms with E-state index in [0.29, 0.717) is 6.54 Å². The number of aryl methyl sites for hydroxylation is 1. The summed E-state index contributed by atoms with van der Waals surface area (Å²) in [5, 5.41) is 4.83. The molecule has 4 rings (SSSR count). The van der Waals surface area contributed by atoms with Gasteiger partial charge in [-0.1, -0.05) is 61.5 Å². The molecule has 1 saturated heterocycles. The Morgan fingerprint density at radius 2 is 1.79 bits per heavy atom. The van der Waals surface area contributed by atoms with Gasteiger partial charge in [0.25, 0.3) is 0 Å². The fourth-order valence-electron chi connectivity index (χ4n) is 3.34. The Bertz CT molecular complexity index is 967. The maximum Gasteiger partial charge on any atom is 0.246 e. The smallest absolute Gasteiger partial charge is 0.246 e. The number of amides is 1. The number of nitrogens with zero attached hydrogens (tertiary/aromatic N) is 3. The molecular weight excluding hydrogens is 346 g/mol. The van der Waals surface area contributed by atoms with Crippen LogP contribution >= 0.6 is 0 Å². The largest absolute Gasteiger partial charge is 0.339 e. The Morgan fingerprint density at radius 3 is 2.43 bits per heavy atom. The van der Waals surface area contributed by atoms with Gasteiger partial charge in [0.05, 0.1) is 12.2 Å². The van der Waals surface area contributed by atoms with Gasteiger partial charge >= 0.3 is 0 Å². The molecule has 0 atom stereocenters. The summed E-state index contributed by atoms with van der Waals surface area (Å²) in [6.45, 7) is 4.58. The van der Waals surface area contributed by atoms with E-state index in [1.807, 2.05) is 40.1 Å². The molecule has 28 heavy (non-hydrogen) atoms. The predicted molar refractivity (Wildman–Crippen MR) is 113 cm³/mol. The number of carbonyl (C=O) groups excluding carboxylic acids is 1. The van der Waals surface area contributed by atoms with E-state index in [1.54, 1.807) is 6.08 Å². The van der Waals surface area contributed by atoms with E-state index in [2.05, 4.69) is 43.3 Å². The average Bonchev–Trinajstić information content (AvgIpc) is 3.08. The molecule has 0 saturated carbocycles. The highest BCUT2D eigenvalue weighted by atomic mass is 16.2. The summed E-state index contributed by atoms with van der Waals surface area (Å²) >= 11 is 0. The van der Waals surface area contributed by atoms with Crippen LogP contribution in [-0.4, -0.2) is 33.7 Å². The zero-order chi connectivity index (χ0) is 19.3. The lowest BCUT2D eigenvalue weighted by Crippen LogP contribution is -2.40. The van der Waals surface area contributed by atoms with Crippen LogP contribution in [0.1, 0.15) is 30.0 Å². The van der Waals surface area contributed by atoms with E-state index in [-0.39, 0.29) is 5.91 Å². The second-order valence-electron chi connectivity index (χ2n) is 7.18. The highest BCUT2D eigenvalue weighted by Gasteiger charge is 2.18. The molecule has 0 unspecified atom stereocenters. The Labute approximate surface area is 166 Å². The van der Waals surface area contributed by atoms with E-state index in [9.17, 15) is 4.79 Å². The van der Waals surface area contributed by atoms with Crippen molar-refractivity contribution in [1.82, 2.24) is 14.7 Å². The molecule has 3 aromatic rings. The van der Waals surface area contributed by atoms with E-state index >= 15 is 0 Å². The Balaban J connectivity index is 1.64. The molecule has 1 amide bonds. The molecule has 1 fully saturated rings. The van der Waals surface area contributed by atoms with Gasteiger partial charge in [0.1, 0.15) is 0 Å². The van der Waals surface area contributed by atoms with Crippen LogP contribution in [0.25, 0.3) is 17.3 Å². The van der Waals surface area contributed by atoms with Gasteiger partial charge in [0.15, 0.2) is 0 Å². The van der Waals surface area contributed by atoms with E-state index in [0.717, 1.165) is 42.8 Å². The zero-order valence-corrected chi connectivity index (χ0v) is 16.2. The molecule has 142 valence electrons. The number of benzene rings is 2. The lowest BCUT2D eigenvalue weighted by Gasteiger charge is -2.29. The van der Waals surface area contributed by atoms with Crippen molar-refractivity contribution in [2.24, 2.45) is 0 Å². The SMILES string of the molecule is CCc1ccc(-c2nn(Cc3ccccc3)cc2C=CC(=O)N2CCC2)cc1. The van der Waals surface area contributed by atoms with Gasteiger partial charge in [-0.15, -0.1) is 0 Å². The van der Waals surface area contributed by atoms with Crippen molar-refractivity contribution in [3.63, 3.8) is 0 Å². The van der Waals surface area contributed by atoms with Crippen LogP contribution in [0.2, 0.25) is 0 Å². The number of hydrogen-bond acceptors (Lipinski definition) is 2. The molecule has 0 bridgehead atoms. The average molecular weight is 371 g/mol. The van der Waals surface area contributed by atoms with Gasteiger partial charge in [0.2, 0.25) is 5.91 Å². The summed E-state index contributed by atoms with van der Waals surface area (Å²) < 4.78 is 1.95. The Kier molecular flexibility index (Phi) is 5.38. The topological polar surface area (TPSA) is 38.1 Å². The minimum absolute atomic E-state index is 0.0781. The van der Waals surface area contributed by atoms with Crippen molar-refractivity contribution in [2.45, 2.75) is 26.3 Å². The second kappa shape index (κ2) is 8.26. The third-order valence-electron chi connectivity index (χ3n) is 5.19. The number of likely N-dealkylation sites (tertiary alicyclic amines) is 1. The molecule has 0 spiro atoms. The third-order valence-corrected chi connectivity index (χ3v) is 5.19. The maximum absolute atomic E-state index is 12.2. The van der Waals surface area contributed by atoms with Crippen LogP contribution in [-0.2, 0) is 17.8 Å². The molecule has 1 aromatic heterocycles. The maximum atomic E-state index is 12.2. The molecule has 1 aliphatic rings. The summed E-state index contributed by atoms with van der Waals surface area (Å²) in [7, 11) is 0. The van der Waals surface area contributed by atoms with E-state index in [4.69, 9.17) is 5.10 Å². The Morgan fingerprint density at radius 1 is 1.04 bits per heavy atom. The lowest BCUT2D eigenvalue weighted by molar-refractivity contribution is -0.129. The molecule has 1 aliphatic heterocycles. The molecule has 4 heteroatoms. The lowest BCUT2D eigenvalue weighted by atomic mass is 10.0. The number of rotatable bonds is 6. The third kappa shape index (κ3) is 4.06. The summed E-state index contributed by atoms with van der Waals surface area (Å²) in [5.74, 6) is 0.0781. The van der Waals surface area contributed by atoms with Crippen molar-refractivity contribution in [1.29, 1.82) is 0 Å². The van der Waals surface area contributed by atoms with Crippen LogP contribution in [0.15, 0.2) is 66.9 Å². The highest BCUT2D eigenvalue weighted by Crippen LogP contribution is 2.24. The first-order valence-electron chi connectivity index (χ1n) is 9.90. The molecular formula is C24H25N3O. The fourth-order valence-corrected chi connectivity index (χ4v) is 3.34. The molecule has 2 heterocycles. The first kappa shape index (κ1) is 18.2. The molecule has 0 radical (unpaired) electrons. The van der Waals surface area contributed by atoms with Gasteiger partial charge in [-0.25, -0.2) is 0 Å². The van der Waals surface area contributed by atoms with Gasteiger partial charge in [-0.3, -0.25) is 9.48 Å². The van der Waals surface area contributed by atoms with Crippen molar-refractivity contribution >= 4 is 12.0 Å². The quantitative estimate of drug-likeness (QED) is 0.602. The summed E-state index contributed by atoms with van der Waals surface area (Å²) in [5.41, 5.74) is 5.45.